The highest BCUT2D eigenvalue weighted by atomic mass is 16.4. The SMILES string of the molecule is O=C(O)c1ccc(N2CC3(CCCCC3)C2)cn1. The summed E-state index contributed by atoms with van der Waals surface area (Å²) in [6, 6.07) is 3.45. The Morgan fingerprint density at radius 2 is 1.94 bits per heavy atom. The van der Waals surface area contributed by atoms with Crippen LogP contribution in [0.5, 0.6) is 0 Å². The van der Waals surface area contributed by atoms with Crippen molar-refractivity contribution in [3.63, 3.8) is 0 Å². The first-order valence-electron chi connectivity index (χ1n) is 6.63. The van der Waals surface area contributed by atoms with Gasteiger partial charge < -0.3 is 10.0 Å². The molecule has 18 heavy (non-hydrogen) atoms. The minimum Gasteiger partial charge on any atom is -0.477 e. The fourth-order valence-corrected chi connectivity index (χ4v) is 3.26. The molecule has 1 saturated carbocycles. The van der Waals surface area contributed by atoms with Gasteiger partial charge in [0.1, 0.15) is 5.69 Å². The van der Waals surface area contributed by atoms with Crippen LogP contribution < -0.4 is 4.90 Å². The van der Waals surface area contributed by atoms with Crippen LogP contribution in [0.15, 0.2) is 18.3 Å². The Kier molecular flexibility index (Phi) is 2.73. The van der Waals surface area contributed by atoms with E-state index in [9.17, 15) is 4.79 Å². The van der Waals surface area contributed by atoms with Crippen LogP contribution in [0.2, 0.25) is 0 Å². The average Bonchev–Trinajstić information content (AvgIpc) is 2.37. The number of hydrogen-bond acceptors (Lipinski definition) is 3. The molecule has 1 aromatic heterocycles. The molecular formula is C14H18N2O2. The molecule has 1 saturated heterocycles. The zero-order valence-corrected chi connectivity index (χ0v) is 10.4. The standard InChI is InChI=1S/C14H18N2O2/c17-13(18)12-5-4-11(8-15-12)16-9-14(10-16)6-2-1-3-7-14/h4-5,8H,1-3,6-7,9-10H2,(H,17,18). The highest BCUT2D eigenvalue weighted by Crippen LogP contribution is 2.45. The monoisotopic (exact) mass is 246 g/mol. The smallest absolute Gasteiger partial charge is 0.354 e. The van der Waals surface area contributed by atoms with E-state index in [0.29, 0.717) is 5.41 Å². The lowest BCUT2D eigenvalue weighted by molar-refractivity contribution is 0.0690. The Hall–Kier alpha value is -1.58. The van der Waals surface area contributed by atoms with Gasteiger partial charge in [-0.2, -0.15) is 0 Å². The Morgan fingerprint density at radius 1 is 1.22 bits per heavy atom. The molecule has 1 aliphatic heterocycles. The summed E-state index contributed by atoms with van der Waals surface area (Å²) in [7, 11) is 0. The van der Waals surface area contributed by atoms with E-state index in [2.05, 4.69) is 9.88 Å². The molecule has 0 bridgehead atoms. The molecule has 1 spiro atoms. The van der Waals surface area contributed by atoms with Crippen LogP contribution in [-0.4, -0.2) is 29.1 Å². The van der Waals surface area contributed by atoms with Gasteiger partial charge in [-0.1, -0.05) is 19.3 Å². The van der Waals surface area contributed by atoms with Gasteiger partial charge in [-0.3, -0.25) is 0 Å². The largest absolute Gasteiger partial charge is 0.477 e. The van der Waals surface area contributed by atoms with E-state index >= 15 is 0 Å². The van der Waals surface area contributed by atoms with Crippen molar-refractivity contribution in [3.8, 4) is 0 Å². The maximum atomic E-state index is 10.7. The van der Waals surface area contributed by atoms with Crippen LogP contribution in [0.1, 0.15) is 42.6 Å². The van der Waals surface area contributed by atoms with E-state index in [4.69, 9.17) is 5.11 Å². The lowest BCUT2D eigenvalue weighted by Crippen LogP contribution is -2.57. The number of aromatic nitrogens is 1. The third-order valence-electron chi connectivity index (χ3n) is 4.30. The molecule has 3 rings (SSSR count). The molecule has 0 amide bonds. The van der Waals surface area contributed by atoms with E-state index in [-0.39, 0.29) is 5.69 Å². The lowest BCUT2D eigenvalue weighted by Gasteiger charge is -2.53. The number of carbonyl (C=O) groups is 1. The van der Waals surface area contributed by atoms with E-state index in [1.807, 2.05) is 6.07 Å². The summed E-state index contributed by atoms with van der Waals surface area (Å²) in [6.07, 6.45) is 8.50. The number of aromatic carboxylic acids is 1. The molecule has 2 heterocycles. The predicted octanol–water partition coefficient (Wildman–Crippen LogP) is 2.55. The number of rotatable bonds is 2. The second-order valence-corrected chi connectivity index (χ2v) is 5.62. The summed E-state index contributed by atoms with van der Waals surface area (Å²) in [5.74, 6) is -0.964. The zero-order valence-electron chi connectivity index (χ0n) is 10.4. The number of anilines is 1. The van der Waals surface area contributed by atoms with Crippen molar-refractivity contribution >= 4 is 11.7 Å². The van der Waals surface area contributed by atoms with Crippen molar-refractivity contribution in [1.82, 2.24) is 4.98 Å². The van der Waals surface area contributed by atoms with Gasteiger partial charge in [0.05, 0.1) is 11.9 Å². The summed E-state index contributed by atoms with van der Waals surface area (Å²) in [5, 5.41) is 8.81. The molecular weight excluding hydrogens is 228 g/mol. The number of carboxylic acids is 1. The molecule has 4 nitrogen and oxygen atoms in total. The second kappa shape index (κ2) is 4.26. The molecule has 0 aromatic carbocycles. The van der Waals surface area contributed by atoms with E-state index in [1.54, 1.807) is 12.3 Å². The molecule has 0 atom stereocenters. The highest BCUT2D eigenvalue weighted by molar-refractivity contribution is 5.85. The fourth-order valence-electron chi connectivity index (χ4n) is 3.26. The third kappa shape index (κ3) is 1.96. The fraction of sp³-hybridized carbons (Fsp3) is 0.571. The molecule has 1 aromatic rings. The summed E-state index contributed by atoms with van der Waals surface area (Å²) < 4.78 is 0. The number of carboxylic acid groups (broad SMARTS) is 1. The Morgan fingerprint density at radius 3 is 2.50 bits per heavy atom. The maximum absolute atomic E-state index is 10.7. The van der Waals surface area contributed by atoms with Crippen LogP contribution in [0.25, 0.3) is 0 Å². The summed E-state index contributed by atoms with van der Waals surface area (Å²) >= 11 is 0. The topological polar surface area (TPSA) is 53.4 Å². The van der Waals surface area contributed by atoms with Crippen LogP contribution >= 0.6 is 0 Å². The lowest BCUT2D eigenvalue weighted by atomic mass is 9.68. The summed E-state index contributed by atoms with van der Waals surface area (Å²) in [6.45, 7) is 2.22. The van der Waals surface area contributed by atoms with E-state index in [0.717, 1.165) is 18.8 Å². The van der Waals surface area contributed by atoms with Crippen LogP contribution in [-0.2, 0) is 0 Å². The zero-order chi connectivity index (χ0) is 12.6. The molecule has 96 valence electrons. The van der Waals surface area contributed by atoms with Gasteiger partial charge in [-0.15, -0.1) is 0 Å². The first-order chi connectivity index (χ1) is 8.69. The van der Waals surface area contributed by atoms with E-state index in [1.165, 1.54) is 32.1 Å². The van der Waals surface area contributed by atoms with Gasteiger partial charge in [-0.25, -0.2) is 9.78 Å². The van der Waals surface area contributed by atoms with Gasteiger partial charge in [0.25, 0.3) is 0 Å². The molecule has 1 N–H and O–H groups in total. The molecule has 2 aliphatic rings. The predicted molar refractivity (Wildman–Crippen MR) is 68.9 cm³/mol. The molecule has 0 unspecified atom stereocenters. The first kappa shape index (κ1) is 11.5. The van der Waals surface area contributed by atoms with Gasteiger partial charge in [0.2, 0.25) is 0 Å². The van der Waals surface area contributed by atoms with Crippen molar-refractivity contribution < 1.29 is 9.90 Å². The van der Waals surface area contributed by atoms with Crippen LogP contribution in [0.3, 0.4) is 0 Å². The molecule has 4 heteroatoms. The van der Waals surface area contributed by atoms with E-state index < -0.39 is 5.97 Å². The Balaban J connectivity index is 1.65. The van der Waals surface area contributed by atoms with Crippen molar-refractivity contribution in [2.45, 2.75) is 32.1 Å². The van der Waals surface area contributed by atoms with Crippen molar-refractivity contribution in [2.24, 2.45) is 5.41 Å². The number of nitrogens with zero attached hydrogens (tertiary/aromatic N) is 2. The van der Waals surface area contributed by atoms with Crippen LogP contribution in [0.4, 0.5) is 5.69 Å². The normalized spacial score (nSPS) is 21.7. The Labute approximate surface area is 107 Å². The van der Waals surface area contributed by atoms with Gasteiger partial charge in [0.15, 0.2) is 0 Å². The molecule has 1 aliphatic carbocycles. The summed E-state index contributed by atoms with van der Waals surface area (Å²) in [5.41, 5.74) is 1.71. The summed E-state index contributed by atoms with van der Waals surface area (Å²) in [4.78, 5) is 17.0. The van der Waals surface area contributed by atoms with Crippen molar-refractivity contribution in [1.29, 1.82) is 0 Å². The molecule has 2 fully saturated rings. The van der Waals surface area contributed by atoms with Crippen LogP contribution in [0, 0.1) is 5.41 Å². The first-order valence-corrected chi connectivity index (χ1v) is 6.63. The number of pyridine rings is 1. The quantitative estimate of drug-likeness (QED) is 0.871. The van der Waals surface area contributed by atoms with Gasteiger partial charge in [-0.05, 0) is 25.0 Å². The van der Waals surface area contributed by atoms with Gasteiger partial charge >= 0.3 is 5.97 Å². The Bertz CT molecular complexity index is 441. The average molecular weight is 246 g/mol. The highest BCUT2D eigenvalue weighted by Gasteiger charge is 2.43. The van der Waals surface area contributed by atoms with Crippen molar-refractivity contribution in [3.05, 3.63) is 24.0 Å². The van der Waals surface area contributed by atoms with Crippen molar-refractivity contribution in [2.75, 3.05) is 18.0 Å². The minimum absolute atomic E-state index is 0.117. The molecule has 0 radical (unpaired) electrons. The maximum Gasteiger partial charge on any atom is 0.354 e. The van der Waals surface area contributed by atoms with Gasteiger partial charge in [0, 0.05) is 18.5 Å². The second-order valence-electron chi connectivity index (χ2n) is 5.62. The third-order valence-corrected chi connectivity index (χ3v) is 4.30. The number of hydrogen-bond donors (Lipinski definition) is 1. The minimum atomic E-state index is -0.964.